The highest BCUT2D eigenvalue weighted by molar-refractivity contribution is 5.94. The van der Waals surface area contributed by atoms with E-state index in [4.69, 9.17) is 20.4 Å². The van der Waals surface area contributed by atoms with Gasteiger partial charge < -0.3 is 30.6 Å². The molecule has 5 N–H and O–H groups in total. The van der Waals surface area contributed by atoms with Crippen molar-refractivity contribution >= 4 is 18.3 Å². The molecule has 0 radical (unpaired) electrons. The third-order valence-electron chi connectivity index (χ3n) is 3.24. The van der Waals surface area contributed by atoms with Gasteiger partial charge in [-0.3, -0.25) is 14.4 Å². The maximum Gasteiger partial charge on any atom is 0.290 e. The Labute approximate surface area is 155 Å². The SMILES string of the molecule is Cc1ncc(CN(CCO)C(=O)c2cccc(OCC(N)=O)c2)[nH]1.O=CO. The van der Waals surface area contributed by atoms with Gasteiger partial charge in [0.05, 0.1) is 25.0 Å². The van der Waals surface area contributed by atoms with E-state index in [0.29, 0.717) is 17.9 Å². The molecule has 1 heterocycles. The lowest BCUT2D eigenvalue weighted by molar-refractivity contribution is -0.123. The number of aromatic amines is 1. The summed E-state index contributed by atoms with van der Waals surface area (Å²) in [5, 5.41) is 16.1. The molecule has 0 aliphatic heterocycles. The van der Waals surface area contributed by atoms with Crippen molar-refractivity contribution in [1.29, 1.82) is 0 Å². The number of carbonyl (C=O) groups is 3. The summed E-state index contributed by atoms with van der Waals surface area (Å²) in [4.78, 5) is 40.5. The smallest absolute Gasteiger partial charge is 0.290 e. The van der Waals surface area contributed by atoms with E-state index in [2.05, 4.69) is 9.97 Å². The maximum atomic E-state index is 12.7. The molecule has 0 fully saturated rings. The minimum absolute atomic E-state index is 0.156. The summed E-state index contributed by atoms with van der Waals surface area (Å²) in [5.41, 5.74) is 6.20. The lowest BCUT2D eigenvalue weighted by atomic mass is 10.2. The van der Waals surface area contributed by atoms with Crippen molar-refractivity contribution in [2.75, 3.05) is 19.8 Å². The highest BCUT2D eigenvalue weighted by atomic mass is 16.5. The molecule has 0 aliphatic carbocycles. The second-order valence-electron chi connectivity index (χ2n) is 5.33. The normalized spacial score (nSPS) is 9.70. The lowest BCUT2D eigenvalue weighted by Crippen LogP contribution is -2.33. The van der Waals surface area contributed by atoms with Gasteiger partial charge in [0.2, 0.25) is 0 Å². The number of aromatic nitrogens is 2. The second-order valence-corrected chi connectivity index (χ2v) is 5.33. The van der Waals surface area contributed by atoms with Crippen LogP contribution in [0.25, 0.3) is 0 Å². The molecule has 0 saturated carbocycles. The number of carbonyl (C=O) groups excluding carboxylic acids is 2. The number of hydrogen-bond donors (Lipinski definition) is 4. The van der Waals surface area contributed by atoms with Crippen molar-refractivity contribution in [3.63, 3.8) is 0 Å². The summed E-state index contributed by atoms with van der Waals surface area (Å²) in [6.45, 7) is 1.64. The first kappa shape index (κ1) is 21.6. The highest BCUT2D eigenvalue weighted by Gasteiger charge is 2.17. The van der Waals surface area contributed by atoms with E-state index in [1.807, 2.05) is 6.92 Å². The van der Waals surface area contributed by atoms with Gasteiger partial charge in [0.1, 0.15) is 11.6 Å². The molecule has 0 bridgehead atoms. The third kappa shape index (κ3) is 7.57. The highest BCUT2D eigenvalue weighted by Crippen LogP contribution is 2.16. The number of carboxylic acid groups (broad SMARTS) is 1. The molecule has 0 spiro atoms. The van der Waals surface area contributed by atoms with Crippen LogP contribution < -0.4 is 10.5 Å². The Balaban J connectivity index is 0.00000114. The van der Waals surface area contributed by atoms with E-state index >= 15 is 0 Å². The van der Waals surface area contributed by atoms with Gasteiger partial charge in [0.15, 0.2) is 6.61 Å². The number of rotatable bonds is 8. The van der Waals surface area contributed by atoms with E-state index < -0.39 is 5.91 Å². The predicted molar refractivity (Wildman–Crippen MR) is 95.0 cm³/mol. The van der Waals surface area contributed by atoms with Crippen molar-refractivity contribution < 1.29 is 29.3 Å². The van der Waals surface area contributed by atoms with Gasteiger partial charge in [0.25, 0.3) is 18.3 Å². The van der Waals surface area contributed by atoms with Crippen LogP contribution in [-0.4, -0.2) is 63.1 Å². The quantitative estimate of drug-likeness (QED) is 0.467. The molecular formula is C17H22N4O6. The first-order valence-electron chi connectivity index (χ1n) is 7.90. The Bertz CT molecular complexity index is 761. The summed E-state index contributed by atoms with van der Waals surface area (Å²) < 4.78 is 5.21. The average molecular weight is 378 g/mol. The Morgan fingerprint density at radius 1 is 1.41 bits per heavy atom. The van der Waals surface area contributed by atoms with Crippen LogP contribution in [0.5, 0.6) is 5.75 Å². The van der Waals surface area contributed by atoms with Crippen LogP contribution in [0.1, 0.15) is 21.9 Å². The van der Waals surface area contributed by atoms with Crippen molar-refractivity contribution in [2.45, 2.75) is 13.5 Å². The average Bonchev–Trinajstić information content (AvgIpc) is 3.05. The minimum atomic E-state index is -0.594. The first-order valence-corrected chi connectivity index (χ1v) is 7.90. The van der Waals surface area contributed by atoms with E-state index in [1.165, 1.54) is 11.0 Å². The molecule has 1 aromatic carbocycles. The fourth-order valence-corrected chi connectivity index (χ4v) is 2.19. The largest absolute Gasteiger partial charge is 0.484 e. The zero-order chi connectivity index (χ0) is 20.2. The van der Waals surface area contributed by atoms with E-state index in [9.17, 15) is 14.7 Å². The van der Waals surface area contributed by atoms with E-state index in [1.54, 1.807) is 24.4 Å². The monoisotopic (exact) mass is 378 g/mol. The van der Waals surface area contributed by atoms with Gasteiger partial charge in [-0.05, 0) is 25.1 Å². The number of imidazole rings is 1. The minimum Gasteiger partial charge on any atom is -0.484 e. The molecule has 1 aromatic heterocycles. The number of H-pyrrole nitrogens is 1. The molecule has 0 aliphatic rings. The summed E-state index contributed by atoms with van der Waals surface area (Å²) >= 11 is 0. The molecule has 2 amide bonds. The Morgan fingerprint density at radius 3 is 2.67 bits per heavy atom. The lowest BCUT2D eigenvalue weighted by Gasteiger charge is -2.21. The van der Waals surface area contributed by atoms with E-state index in [0.717, 1.165) is 11.5 Å². The molecular weight excluding hydrogens is 356 g/mol. The topological polar surface area (TPSA) is 159 Å². The maximum absolute atomic E-state index is 12.7. The van der Waals surface area contributed by atoms with Gasteiger partial charge in [-0.25, -0.2) is 4.98 Å². The third-order valence-corrected chi connectivity index (χ3v) is 3.24. The number of aryl methyl sites for hydroxylation is 1. The number of primary amides is 1. The van der Waals surface area contributed by atoms with Gasteiger partial charge in [0, 0.05) is 12.1 Å². The molecule has 10 nitrogen and oxygen atoms in total. The van der Waals surface area contributed by atoms with Crippen LogP contribution in [0.2, 0.25) is 0 Å². The molecule has 2 aromatic rings. The van der Waals surface area contributed by atoms with Gasteiger partial charge in [-0.15, -0.1) is 0 Å². The fraction of sp³-hybridized carbons (Fsp3) is 0.294. The zero-order valence-corrected chi connectivity index (χ0v) is 14.8. The van der Waals surface area contributed by atoms with Gasteiger partial charge in [-0.1, -0.05) is 6.07 Å². The van der Waals surface area contributed by atoms with Gasteiger partial charge >= 0.3 is 0 Å². The molecule has 10 heteroatoms. The molecule has 146 valence electrons. The Kier molecular flexibility index (Phi) is 9.03. The molecule has 0 atom stereocenters. The number of ether oxygens (including phenoxy) is 1. The number of nitrogens with one attached hydrogen (secondary N) is 1. The predicted octanol–water partition coefficient (Wildman–Crippen LogP) is -0.0823. The summed E-state index contributed by atoms with van der Waals surface area (Å²) in [7, 11) is 0. The molecule has 2 rings (SSSR count). The fourth-order valence-electron chi connectivity index (χ4n) is 2.19. The summed E-state index contributed by atoms with van der Waals surface area (Å²) in [5.74, 6) is 0.272. The summed E-state index contributed by atoms with van der Waals surface area (Å²) in [6, 6.07) is 6.46. The van der Waals surface area contributed by atoms with Crippen LogP contribution in [0.4, 0.5) is 0 Å². The second kappa shape index (κ2) is 11.3. The number of nitrogens with two attached hydrogens (primary N) is 1. The zero-order valence-electron chi connectivity index (χ0n) is 14.8. The van der Waals surface area contributed by atoms with Crippen molar-refractivity contribution in [1.82, 2.24) is 14.9 Å². The van der Waals surface area contributed by atoms with Gasteiger partial charge in [-0.2, -0.15) is 0 Å². The molecule has 27 heavy (non-hydrogen) atoms. The van der Waals surface area contributed by atoms with Crippen LogP contribution in [0.3, 0.4) is 0 Å². The van der Waals surface area contributed by atoms with Crippen LogP contribution in [-0.2, 0) is 16.1 Å². The number of amides is 2. The van der Waals surface area contributed by atoms with Crippen molar-refractivity contribution in [3.8, 4) is 5.75 Å². The van der Waals surface area contributed by atoms with E-state index in [-0.39, 0.29) is 32.1 Å². The number of hydrogen-bond acceptors (Lipinski definition) is 6. The Morgan fingerprint density at radius 2 is 2.11 bits per heavy atom. The molecule has 0 saturated heterocycles. The number of aliphatic hydroxyl groups excluding tert-OH is 1. The van der Waals surface area contributed by atoms with Crippen molar-refractivity contribution in [2.24, 2.45) is 5.73 Å². The summed E-state index contributed by atoms with van der Waals surface area (Å²) in [6.07, 6.45) is 1.65. The standard InChI is InChI=1S/C16H20N4O4.CH2O2/c1-11-18-8-13(19-11)9-20(5-6-21)16(23)12-3-2-4-14(7-12)24-10-15(17)22;2-1-3/h2-4,7-8,21H,5-6,9-10H2,1H3,(H2,17,22)(H,18,19);1H,(H,2,3). The number of aliphatic hydroxyl groups is 1. The van der Waals surface area contributed by atoms with Crippen LogP contribution in [0.15, 0.2) is 30.5 Å². The molecule has 0 unspecified atom stereocenters. The first-order chi connectivity index (χ1) is 12.9. The van der Waals surface area contributed by atoms with Crippen molar-refractivity contribution in [3.05, 3.63) is 47.5 Å². The van der Waals surface area contributed by atoms with Crippen LogP contribution >= 0.6 is 0 Å². The number of benzene rings is 1. The van der Waals surface area contributed by atoms with Crippen LogP contribution in [0, 0.1) is 6.92 Å². The number of nitrogens with zero attached hydrogens (tertiary/aromatic N) is 2. The Hall–Kier alpha value is -3.40.